The number of aromatic carboxylic acids is 1. The number of nitrogens with one attached hydrogen (secondary N) is 1. The van der Waals surface area contributed by atoms with Gasteiger partial charge in [-0.25, -0.2) is 14.8 Å². The van der Waals surface area contributed by atoms with Crippen LogP contribution in [-0.4, -0.2) is 32.7 Å². The molecular weight excluding hydrogens is 350 g/mol. The monoisotopic (exact) mass is 367 g/mol. The first-order chi connectivity index (χ1) is 12.6. The third-order valence-electron chi connectivity index (χ3n) is 3.66. The van der Waals surface area contributed by atoms with Crippen molar-refractivity contribution in [3.8, 4) is 0 Å². The molecule has 1 aromatic heterocycles. The van der Waals surface area contributed by atoms with E-state index in [1.807, 2.05) is 31.2 Å². The van der Waals surface area contributed by atoms with Crippen LogP contribution in [0, 0.1) is 0 Å². The van der Waals surface area contributed by atoms with Crippen molar-refractivity contribution in [1.82, 2.24) is 9.97 Å². The number of thioether (sulfide) groups is 1. The molecule has 132 valence electrons. The second-order valence-corrected chi connectivity index (χ2v) is 6.50. The lowest BCUT2D eigenvalue weighted by molar-refractivity contribution is -0.113. The average molecular weight is 367 g/mol. The molecule has 0 unspecified atom stereocenters. The molecule has 0 saturated heterocycles. The average Bonchev–Trinajstić information content (AvgIpc) is 2.66. The Morgan fingerprint density at radius 3 is 2.69 bits per heavy atom. The molecule has 7 heteroatoms. The Morgan fingerprint density at radius 1 is 1.12 bits per heavy atom. The van der Waals surface area contributed by atoms with E-state index < -0.39 is 5.97 Å². The summed E-state index contributed by atoms with van der Waals surface area (Å²) in [6, 6.07) is 13.9. The highest BCUT2D eigenvalue weighted by atomic mass is 32.2. The summed E-state index contributed by atoms with van der Waals surface area (Å²) in [5.74, 6) is -0.351. The first kappa shape index (κ1) is 17.9. The summed E-state index contributed by atoms with van der Waals surface area (Å²) in [5.41, 5.74) is 1.44. The van der Waals surface area contributed by atoms with Gasteiger partial charge in [0, 0.05) is 17.5 Å². The van der Waals surface area contributed by atoms with Crippen LogP contribution < -0.4 is 5.32 Å². The highest BCUT2D eigenvalue weighted by molar-refractivity contribution is 8.00. The number of carboxylic acid groups (broad SMARTS) is 1. The molecule has 0 spiro atoms. The number of hydrogen-bond acceptors (Lipinski definition) is 5. The lowest BCUT2D eigenvalue weighted by Gasteiger charge is -2.08. The van der Waals surface area contributed by atoms with Gasteiger partial charge in [0.2, 0.25) is 5.91 Å². The Kier molecular flexibility index (Phi) is 5.48. The number of benzene rings is 2. The topological polar surface area (TPSA) is 92.2 Å². The van der Waals surface area contributed by atoms with Gasteiger partial charge in [-0.1, -0.05) is 43.0 Å². The number of anilines is 1. The van der Waals surface area contributed by atoms with Crippen molar-refractivity contribution >= 4 is 40.2 Å². The van der Waals surface area contributed by atoms with E-state index in [0.717, 1.165) is 21.8 Å². The molecule has 0 saturated carbocycles. The predicted octanol–water partition coefficient (Wildman–Crippen LogP) is 3.62. The van der Waals surface area contributed by atoms with Crippen molar-refractivity contribution in [3.05, 3.63) is 59.9 Å². The van der Waals surface area contributed by atoms with Gasteiger partial charge in [-0.2, -0.15) is 0 Å². The van der Waals surface area contributed by atoms with Gasteiger partial charge in [0.05, 0.1) is 16.8 Å². The minimum absolute atomic E-state index is 0.129. The normalized spacial score (nSPS) is 10.7. The van der Waals surface area contributed by atoms with Crippen LogP contribution in [0.3, 0.4) is 0 Å². The summed E-state index contributed by atoms with van der Waals surface area (Å²) in [6.07, 6.45) is 0.715. The zero-order chi connectivity index (χ0) is 18.5. The van der Waals surface area contributed by atoms with Gasteiger partial charge in [0.15, 0.2) is 0 Å². The molecule has 0 aliphatic rings. The summed E-state index contributed by atoms with van der Waals surface area (Å²) >= 11 is 1.34. The molecule has 0 atom stereocenters. The molecule has 1 heterocycles. The number of carbonyl (C=O) groups is 2. The Bertz CT molecular complexity index is 975. The molecule has 2 aromatic carbocycles. The molecule has 26 heavy (non-hydrogen) atoms. The van der Waals surface area contributed by atoms with Crippen molar-refractivity contribution in [2.45, 2.75) is 18.4 Å². The van der Waals surface area contributed by atoms with Crippen molar-refractivity contribution in [3.63, 3.8) is 0 Å². The standard InChI is InChI=1S/C19H17N3O3S/c1-2-16-21-15-9-4-3-8-14(15)18(22-16)26-11-17(23)20-13-7-5-6-12(10-13)19(24)25/h3-10H,2,11H2,1H3,(H,20,23)(H,24,25). The van der Waals surface area contributed by atoms with Crippen LogP contribution in [0.1, 0.15) is 23.1 Å². The molecule has 6 nitrogen and oxygen atoms in total. The zero-order valence-corrected chi connectivity index (χ0v) is 14.9. The minimum Gasteiger partial charge on any atom is -0.478 e. The molecule has 0 radical (unpaired) electrons. The first-order valence-corrected chi connectivity index (χ1v) is 9.07. The van der Waals surface area contributed by atoms with Crippen LogP contribution in [0.4, 0.5) is 5.69 Å². The first-order valence-electron chi connectivity index (χ1n) is 8.08. The number of para-hydroxylation sites is 1. The Balaban J connectivity index is 1.73. The number of aromatic nitrogens is 2. The molecule has 0 aliphatic heterocycles. The second-order valence-electron chi connectivity index (χ2n) is 5.54. The highest BCUT2D eigenvalue weighted by Crippen LogP contribution is 2.25. The fourth-order valence-electron chi connectivity index (χ4n) is 2.42. The number of carbonyl (C=O) groups excluding carboxylic acids is 1. The van der Waals surface area contributed by atoms with Crippen LogP contribution in [0.15, 0.2) is 53.6 Å². The Labute approximate surface area is 154 Å². The summed E-state index contributed by atoms with van der Waals surface area (Å²) in [4.78, 5) is 32.3. The Morgan fingerprint density at radius 2 is 1.92 bits per heavy atom. The summed E-state index contributed by atoms with van der Waals surface area (Å²) in [5, 5.41) is 13.4. The summed E-state index contributed by atoms with van der Waals surface area (Å²) in [6.45, 7) is 1.99. The molecule has 0 aliphatic carbocycles. The molecule has 0 bridgehead atoms. The van der Waals surface area contributed by atoms with E-state index >= 15 is 0 Å². The van der Waals surface area contributed by atoms with E-state index in [1.165, 1.54) is 23.9 Å². The molecule has 3 aromatic rings. The number of carboxylic acids is 1. The van der Waals surface area contributed by atoms with Gasteiger partial charge in [0.1, 0.15) is 10.9 Å². The third kappa shape index (κ3) is 4.18. The molecule has 0 fully saturated rings. The van der Waals surface area contributed by atoms with E-state index in [4.69, 9.17) is 5.11 Å². The van der Waals surface area contributed by atoms with Gasteiger partial charge < -0.3 is 10.4 Å². The van der Waals surface area contributed by atoms with Gasteiger partial charge in [0.25, 0.3) is 0 Å². The fraction of sp³-hybridized carbons (Fsp3) is 0.158. The highest BCUT2D eigenvalue weighted by Gasteiger charge is 2.11. The van der Waals surface area contributed by atoms with Crippen LogP contribution in [0.2, 0.25) is 0 Å². The van der Waals surface area contributed by atoms with Crippen molar-refractivity contribution in [2.24, 2.45) is 0 Å². The largest absolute Gasteiger partial charge is 0.478 e. The lowest BCUT2D eigenvalue weighted by Crippen LogP contribution is -2.14. The number of hydrogen-bond donors (Lipinski definition) is 2. The Hall–Kier alpha value is -2.93. The number of fused-ring (bicyclic) bond motifs is 1. The summed E-state index contributed by atoms with van der Waals surface area (Å²) < 4.78 is 0. The summed E-state index contributed by atoms with van der Waals surface area (Å²) in [7, 11) is 0. The van der Waals surface area contributed by atoms with Crippen LogP contribution in [-0.2, 0) is 11.2 Å². The maximum absolute atomic E-state index is 12.2. The quantitative estimate of drug-likeness (QED) is 0.511. The second kappa shape index (κ2) is 7.97. The van der Waals surface area contributed by atoms with Crippen LogP contribution in [0.25, 0.3) is 10.9 Å². The molecule has 2 N–H and O–H groups in total. The van der Waals surface area contributed by atoms with Gasteiger partial charge in [-0.3, -0.25) is 4.79 Å². The van der Waals surface area contributed by atoms with Crippen LogP contribution >= 0.6 is 11.8 Å². The maximum Gasteiger partial charge on any atom is 0.335 e. The fourth-order valence-corrected chi connectivity index (χ4v) is 3.26. The van der Waals surface area contributed by atoms with Crippen molar-refractivity contribution in [2.75, 3.05) is 11.1 Å². The lowest BCUT2D eigenvalue weighted by atomic mass is 10.2. The maximum atomic E-state index is 12.2. The molecule has 3 rings (SSSR count). The molecule has 1 amide bonds. The van der Waals surface area contributed by atoms with Gasteiger partial charge >= 0.3 is 5.97 Å². The molecular formula is C19H17N3O3S. The zero-order valence-electron chi connectivity index (χ0n) is 14.1. The predicted molar refractivity (Wildman–Crippen MR) is 102 cm³/mol. The van der Waals surface area contributed by atoms with Gasteiger partial charge in [-0.05, 0) is 24.3 Å². The van der Waals surface area contributed by atoms with Crippen LogP contribution in [0.5, 0.6) is 0 Å². The van der Waals surface area contributed by atoms with Crippen molar-refractivity contribution < 1.29 is 14.7 Å². The number of aryl methyl sites for hydroxylation is 1. The van der Waals surface area contributed by atoms with E-state index in [2.05, 4.69) is 15.3 Å². The number of amides is 1. The van der Waals surface area contributed by atoms with E-state index in [1.54, 1.807) is 12.1 Å². The van der Waals surface area contributed by atoms with Gasteiger partial charge in [-0.15, -0.1) is 0 Å². The smallest absolute Gasteiger partial charge is 0.335 e. The van der Waals surface area contributed by atoms with E-state index in [9.17, 15) is 9.59 Å². The van der Waals surface area contributed by atoms with E-state index in [0.29, 0.717) is 12.1 Å². The SMILES string of the molecule is CCc1nc(SCC(=O)Nc2cccc(C(=O)O)c2)c2ccccc2n1. The number of rotatable bonds is 6. The van der Waals surface area contributed by atoms with Crippen molar-refractivity contribution in [1.29, 1.82) is 0 Å². The van der Waals surface area contributed by atoms with E-state index in [-0.39, 0.29) is 17.2 Å². The minimum atomic E-state index is -1.03. The third-order valence-corrected chi connectivity index (χ3v) is 4.66. The number of nitrogens with zero attached hydrogens (tertiary/aromatic N) is 2.